The Morgan fingerprint density at radius 3 is 2.17 bits per heavy atom. The van der Waals surface area contributed by atoms with Gasteiger partial charge in [-0.1, -0.05) is 20.8 Å². The van der Waals surface area contributed by atoms with Crippen LogP contribution in [0.5, 0.6) is 0 Å². The van der Waals surface area contributed by atoms with Crippen molar-refractivity contribution >= 4 is 0 Å². The maximum Gasteiger partial charge on any atom is 0.414 e. The highest BCUT2D eigenvalue weighted by molar-refractivity contribution is 5.11. The molecule has 0 aromatic carbocycles. The fraction of sp³-hybridized carbons (Fsp3) is 1.00. The summed E-state index contributed by atoms with van der Waals surface area (Å²) < 4.78 is 39.6. The summed E-state index contributed by atoms with van der Waals surface area (Å²) >= 11 is 0. The zero-order valence-electron chi connectivity index (χ0n) is 18.4. The molecule has 4 rings (SSSR count). The first-order valence-corrected chi connectivity index (χ1v) is 11.8. The van der Waals surface area contributed by atoms with Crippen molar-refractivity contribution in [2.45, 2.75) is 103 Å². The van der Waals surface area contributed by atoms with E-state index in [2.05, 4.69) is 13.8 Å². The average molecular weight is 417 g/mol. The van der Waals surface area contributed by atoms with Crippen LogP contribution in [-0.4, -0.2) is 28.1 Å². The molecule has 0 aromatic heterocycles. The zero-order valence-corrected chi connectivity index (χ0v) is 18.4. The molecule has 4 fully saturated rings. The summed E-state index contributed by atoms with van der Waals surface area (Å²) in [6.07, 6.45) is 2.29. The van der Waals surface area contributed by atoms with Gasteiger partial charge in [0.25, 0.3) is 0 Å². The van der Waals surface area contributed by atoms with E-state index in [0.29, 0.717) is 23.7 Å². The maximum atomic E-state index is 13.2. The molecule has 0 aliphatic heterocycles. The number of rotatable bonds is 2. The Bertz CT molecular complexity index is 632. The van der Waals surface area contributed by atoms with E-state index in [1.165, 1.54) is 0 Å². The Balaban J connectivity index is 1.55. The molecular weight excluding hydrogens is 377 g/mol. The first-order chi connectivity index (χ1) is 13.3. The second kappa shape index (κ2) is 6.85. The molecule has 2 nitrogen and oxygen atoms in total. The number of hydrogen-bond acceptors (Lipinski definition) is 2. The van der Waals surface area contributed by atoms with Crippen LogP contribution in [0.25, 0.3) is 0 Å². The summed E-state index contributed by atoms with van der Waals surface area (Å²) in [5.74, 6) is 1.49. The van der Waals surface area contributed by atoms with Crippen LogP contribution in [0, 0.1) is 46.3 Å². The smallest absolute Gasteiger partial charge is 0.390 e. The molecule has 10 atom stereocenters. The van der Waals surface area contributed by atoms with Gasteiger partial charge in [-0.25, -0.2) is 0 Å². The molecule has 0 heterocycles. The third-order valence-electron chi connectivity index (χ3n) is 10.5. The van der Waals surface area contributed by atoms with E-state index in [9.17, 15) is 23.4 Å². The largest absolute Gasteiger partial charge is 0.414 e. The summed E-state index contributed by atoms with van der Waals surface area (Å²) in [6, 6.07) is 0. The van der Waals surface area contributed by atoms with E-state index >= 15 is 0 Å². The predicted molar refractivity (Wildman–Crippen MR) is 107 cm³/mol. The van der Waals surface area contributed by atoms with Crippen LogP contribution >= 0.6 is 0 Å². The van der Waals surface area contributed by atoms with Crippen LogP contribution in [0.2, 0.25) is 0 Å². The van der Waals surface area contributed by atoms with Crippen LogP contribution in [0.4, 0.5) is 13.2 Å². The lowest BCUT2D eigenvalue weighted by molar-refractivity contribution is -0.228. The minimum Gasteiger partial charge on any atom is -0.390 e. The Morgan fingerprint density at radius 2 is 1.52 bits per heavy atom. The summed E-state index contributed by atoms with van der Waals surface area (Å²) in [5, 5.41) is 20.6. The number of aliphatic hydroxyl groups is 2. The third-order valence-corrected chi connectivity index (χ3v) is 10.5. The lowest BCUT2D eigenvalue weighted by atomic mass is 9.43. The molecule has 168 valence electrons. The van der Waals surface area contributed by atoms with Gasteiger partial charge >= 0.3 is 6.18 Å². The average Bonchev–Trinajstić information content (AvgIpc) is 2.97. The van der Waals surface area contributed by atoms with Gasteiger partial charge < -0.3 is 10.2 Å². The van der Waals surface area contributed by atoms with Crippen LogP contribution in [0.3, 0.4) is 0 Å². The lowest BCUT2D eigenvalue weighted by Gasteiger charge is -2.62. The van der Waals surface area contributed by atoms with Gasteiger partial charge in [0.15, 0.2) is 6.10 Å². The molecule has 0 radical (unpaired) electrons. The van der Waals surface area contributed by atoms with E-state index in [1.54, 1.807) is 6.92 Å². The molecule has 5 heteroatoms. The molecule has 0 saturated heterocycles. The lowest BCUT2D eigenvalue weighted by Crippen LogP contribution is -2.56. The number of fused-ring (bicyclic) bond motifs is 5. The van der Waals surface area contributed by atoms with Gasteiger partial charge in [0.05, 0.1) is 5.60 Å². The van der Waals surface area contributed by atoms with Gasteiger partial charge in [0.2, 0.25) is 0 Å². The van der Waals surface area contributed by atoms with Crippen molar-refractivity contribution in [2.24, 2.45) is 46.3 Å². The molecule has 2 N–H and O–H groups in total. The van der Waals surface area contributed by atoms with Crippen LogP contribution < -0.4 is 0 Å². The summed E-state index contributed by atoms with van der Waals surface area (Å²) in [4.78, 5) is 0. The minimum absolute atomic E-state index is 0.0531. The van der Waals surface area contributed by atoms with Crippen LogP contribution in [0.15, 0.2) is 0 Å². The molecule has 8 unspecified atom stereocenters. The Morgan fingerprint density at radius 1 is 0.862 bits per heavy atom. The van der Waals surface area contributed by atoms with Crippen molar-refractivity contribution in [1.29, 1.82) is 0 Å². The van der Waals surface area contributed by atoms with Crippen molar-refractivity contribution in [2.75, 3.05) is 0 Å². The highest BCUT2D eigenvalue weighted by atomic mass is 19.4. The molecule has 4 aliphatic carbocycles. The van der Waals surface area contributed by atoms with E-state index in [0.717, 1.165) is 57.8 Å². The number of aliphatic hydroxyl groups excluding tert-OH is 1. The van der Waals surface area contributed by atoms with E-state index in [1.807, 2.05) is 6.92 Å². The van der Waals surface area contributed by atoms with Gasteiger partial charge in [0, 0.05) is 0 Å². The topological polar surface area (TPSA) is 40.5 Å². The molecule has 4 aliphatic rings. The van der Waals surface area contributed by atoms with Gasteiger partial charge in [-0.2, -0.15) is 13.2 Å². The van der Waals surface area contributed by atoms with E-state index in [4.69, 9.17) is 0 Å². The molecule has 29 heavy (non-hydrogen) atoms. The Hall–Kier alpha value is -0.290. The predicted octanol–water partition coefficient (Wildman–Crippen LogP) is 5.96. The normalized spacial score (nSPS) is 52.2. The number of alkyl halides is 3. The second-order valence-corrected chi connectivity index (χ2v) is 11.9. The SMILES string of the molecule is C[C@@H](C1CCC2C3CCC4CC(C)(O)CCC4(C)C3CCC21C)[C@H](O)C(F)(F)F. The van der Waals surface area contributed by atoms with Crippen molar-refractivity contribution < 1.29 is 23.4 Å². The number of halogens is 3. The number of hydrogen-bond donors (Lipinski definition) is 2. The van der Waals surface area contributed by atoms with Crippen molar-refractivity contribution in [1.82, 2.24) is 0 Å². The Kier molecular flexibility index (Phi) is 5.18. The maximum absolute atomic E-state index is 13.2. The minimum atomic E-state index is -4.53. The van der Waals surface area contributed by atoms with Crippen molar-refractivity contribution in [3.05, 3.63) is 0 Å². The fourth-order valence-corrected chi connectivity index (χ4v) is 8.85. The first kappa shape index (κ1) is 21.9. The highest BCUT2D eigenvalue weighted by Gasteiger charge is 2.62. The van der Waals surface area contributed by atoms with Crippen molar-refractivity contribution in [3.8, 4) is 0 Å². The summed E-state index contributed by atoms with van der Waals surface area (Å²) in [6.45, 7) is 8.26. The third kappa shape index (κ3) is 3.37. The molecular formula is C24H39F3O2. The second-order valence-electron chi connectivity index (χ2n) is 11.9. The summed E-state index contributed by atoms with van der Waals surface area (Å²) in [7, 11) is 0. The molecule has 0 amide bonds. The van der Waals surface area contributed by atoms with Gasteiger partial charge in [-0.3, -0.25) is 0 Å². The molecule has 4 saturated carbocycles. The van der Waals surface area contributed by atoms with Gasteiger partial charge in [-0.05, 0) is 111 Å². The molecule has 0 spiro atoms. The Labute approximate surface area is 173 Å². The van der Waals surface area contributed by atoms with E-state index in [-0.39, 0.29) is 16.7 Å². The molecule has 0 bridgehead atoms. The van der Waals surface area contributed by atoms with Crippen LogP contribution in [-0.2, 0) is 0 Å². The first-order valence-electron chi connectivity index (χ1n) is 11.8. The van der Waals surface area contributed by atoms with E-state index < -0.39 is 23.8 Å². The van der Waals surface area contributed by atoms with Crippen LogP contribution in [0.1, 0.15) is 85.5 Å². The summed E-state index contributed by atoms with van der Waals surface area (Å²) in [5.41, 5.74) is -0.361. The van der Waals surface area contributed by atoms with Gasteiger partial charge in [0.1, 0.15) is 0 Å². The quantitative estimate of drug-likeness (QED) is 0.583. The van der Waals surface area contributed by atoms with Crippen molar-refractivity contribution in [3.63, 3.8) is 0 Å². The standard InChI is InChI=1S/C24H39F3O2/c1-14(20(28)24(25,26)27)17-7-8-18-16-6-5-15-13-21(2,29)11-12-22(15,3)19(16)9-10-23(17,18)4/h14-20,28-29H,5-13H2,1-4H3/t14-,15?,16?,17?,18?,19?,20-,21?,22?,23?/m0/s1. The van der Waals surface area contributed by atoms with Gasteiger partial charge in [-0.15, -0.1) is 0 Å². The monoisotopic (exact) mass is 416 g/mol. The molecule has 0 aromatic rings. The highest BCUT2D eigenvalue weighted by Crippen LogP contribution is 2.69. The fourth-order valence-electron chi connectivity index (χ4n) is 8.85. The zero-order chi connectivity index (χ0) is 21.4.